The summed E-state index contributed by atoms with van der Waals surface area (Å²) in [5, 5.41) is 4.07. The van der Waals surface area contributed by atoms with Gasteiger partial charge in [0, 0.05) is 10.0 Å². The van der Waals surface area contributed by atoms with Crippen LogP contribution >= 0.6 is 15.9 Å². The Bertz CT molecular complexity index is 1140. The van der Waals surface area contributed by atoms with Gasteiger partial charge in [-0.2, -0.15) is 13.4 Å². The van der Waals surface area contributed by atoms with Crippen molar-refractivity contribution in [3.8, 4) is 11.4 Å². The van der Waals surface area contributed by atoms with Crippen LogP contribution in [0.15, 0.2) is 57.5 Å². The molecule has 0 bridgehead atoms. The van der Waals surface area contributed by atoms with Crippen molar-refractivity contribution in [3.05, 3.63) is 70.0 Å². The lowest BCUT2D eigenvalue weighted by atomic mass is 10.1. The molecule has 3 aromatic rings. The summed E-state index contributed by atoms with van der Waals surface area (Å²) in [4.78, 5) is 6.58. The smallest absolute Gasteiger partial charge is 0.264 e. The average Bonchev–Trinajstić information content (AvgIpc) is 3.31. The van der Waals surface area contributed by atoms with Crippen molar-refractivity contribution in [2.24, 2.45) is 5.73 Å². The Morgan fingerprint density at radius 3 is 2.43 bits per heavy atom. The summed E-state index contributed by atoms with van der Waals surface area (Å²) in [6.45, 7) is 8.64. The van der Waals surface area contributed by atoms with E-state index in [4.69, 9.17) is 14.8 Å². The highest BCUT2D eigenvalue weighted by atomic mass is 79.9. The van der Waals surface area contributed by atoms with Gasteiger partial charge in [-0.3, -0.25) is 4.55 Å². The number of rotatable bonds is 11. The van der Waals surface area contributed by atoms with Crippen molar-refractivity contribution in [1.82, 2.24) is 15.0 Å². The Morgan fingerprint density at radius 2 is 1.83 bits per heavy atom. The normalized spacial score (nSPS) is 12.3. The van der Waals surface area contributed by atoms with Gasteiger partial charge >= 0.3 is 0 Å². The Kier molecular flexibility index (Phi) is 12.0. The average molecular weight is 568 g/mol. The van der Waals surface area contributed by atoms with Gasteiger partial charge in [-0.25, -0.2) is 0 Å². The van der Waals surface area contributed by atoms with Gasteiger partial charge in [0.25, 0.3) is 10.1 Å². The quantitative estimate of drug-likeness (QED) is 0.309. The zero-order valence-corrected chi connectivity index (χ0v) is 22.9. The molecule has 0 saturated carbocycles. The van der Waals surface area contributed by atoms with Crippen LogP contribution in [0.5, 0.6) is 0 Å². The summed E-state index contributed by atoms with van der Waals surface area (Å²) >= 11 is 3.46. The summed E-state index contributed by atoms with van der Waals surface area (Å²) in [6, 6.07) is 16.0. The summed E-state index contributed by atoms with van der Waals surface area (Å²) in [5.74, 6) is 0.933. The number of aryl methyl sites for hydroxylation is 2. The fraction of sp³-hybridized carbons (Fsp3) is 0.440. The Hall–Kier alpha value is -2.11. The third kappa shape index (κ3) is 10.6. The van der Waals surface area contributed by atoms with Crippen LogP contribution in [0.3, 0.4) is 0 Å². The maximum atomic E-state index is 10.3. The van der Waals surface area contributed by atoms with E-state index in [0.29, 0.717) is 18.1 Å². The van der Waals surface area contributed by atoms with Gasteiger partial charge in [0.2, 0.25) is 11.7 Å². The van der Waals surface area contributed by atoms with Crippen LogP contribution in [-0.4, -0.2) is 53.4 Å². The minimum Gasteiger partial charge on any atom is -0.337 e. The molecule has 0 radical (unpaired) electrons. The molecule has 192 valence electrons. The first-order valence-corrected chi connectivity index (χ1v) is 14.1. The Labute approximate surface area is 216 Å². The van der Waals surface area contributed by atoms with E-state index < -0.39 is 10.1 Å². The highest BCUT2D eigenvalue weighted by Crippen LogP contribution is 2.25. The van der Waals surface area contributed by atoms with E-state index in [1.165, 1.54) is 5.56 Å². The zero-order chi connectivity index (χ0) is 25.8. The number of nitrogens with two attached hydrogens (primary N) is 1. The third-order valence-corrected chi connectivity index (χ3v) is 6.84. The maximum Gasteiger partial charge on any atom is 0.264 e. The number of hydrogen-bond donors (Lipinski definition) is 2. The van der Waals surface area contributed by atoms with Crippen LogP contribution in [0.2, 0.25) is 0 Å². The van der Waals surface area contributed by atoms with Crippen molar-refractivity contribution in [2.45, 2.75) is 46.1 Å². The molecule has 0 aliphatic rings. The Balaban J connectivity index is 0.000000307. The fourth-order valence-corrected chi connectivity index (χ4v) is 4.44. The first-order chi connectivity index (χ1) is 16.6. The van der Waals surface area contributed by atoms with Gasteiger partial charge in [-0.05, 0) is 75.1 Å². The van der Waals surface area contributed by atoms with E-state index in [2.05, 4.69) is 43.1 Å². The van der Waals surface area contributed by atoms with E-state index in [1.807, 2.05) is 57.2 Å². The highest BCUT2D eigenvalue weighted by molar-refractivity contribution is 9.10. The van der Waals surface area contributed by atoms with Gasteiger partial charge in [0.15, 0.2) is 0 Å². The molecule has 10 heteroatoms. The molecule has 2 aromatic carbocycles. The van der Waals surface area contributed by atoms with Crippen molar-refractivity contribution in [1.29, 1.82) is 0 Å². The van der Waals surface area contributed by atoms with E-state index in [-0.39, 0.29) is 11.8 Å². The second kappa shape index (κ2) is 14.4. The molecule has 0 amide bonds. The van der Waals surface area contributed by atoms with Gasteiger partial charge < -0.3 is 15.2 Å². The molecule has 0 aliphatic carbocycles. The molecule has 8 nitrogen and oxygen atoms in total. The van der Waals surface area contributed by atoms with E-state index in [9.17, 15) is 8.42 Å². The van der Waals surface area contributed by atoms with Gasteiger partial charge in [-0.15, -0.1) is 0 Å². The third-order valence-electron chi connectivity index (χ3n) is 5.55. The topological polar surface area (TPSA) is 123 Å². The molecule has 0 unspecified atom stereocenters. The molecule has 1 aromatic heterocycles. The molecule has 1 heterocycles. The van der Waals surface area contributed by atoms with E-state index in [1.54, 1.807) is 0 Å². The number of halogens is 1. The summed E-state index contributed by atoms with van der Waals surface area (Å²) in [5.41, 5.74) is 9.49. The molecule has 0 fully saturated rings. The van der Waals surface area contributed by atoms with Gasteiger partial charge in [-0.1, -0.05) is 65.3 Å². The molecule has 3 N–H and O–H groups in total. The number of aromatic nitrogens is 2. The van der Waals surface area contributed by atoms with Crippen LogP contribution in [0.25, 0.3) is 11.4 Å². The summed E-state index contributed by atoms with van der Waals surface area (Å²) < 4.78 is 35.5. The first-order valence-electron chi connectivity index (χ1n) is 11.7. The zero-order valence-electron chi connectivity index (χ0n) is 20.5. The molecular formula is C25H35BrN4O4S. The van der Waals surface area contributed by atoms with Crippen molar-refractivity contribution in [2.75, 3.05) is 25.4 Å². The molecule has 3 rings (SSSR count). The van der Waals surface area contributed by atoms with Crippen LogP contribution in [-0.2, 0) is 16.5 Å². The second-order valence-electron chi connectivity index (χ2n) is 8.21. The van der Waals surface area contributed by atoms with Gasteiger partial charge in [0.05, 0.1) is 11.8 Å². The second-order valence-corrected chi connectivity index (χ2v) is 10.7. The molecule has 0 saturated heterocycles. The predicted octanol–water partition coefficient (Wildman–Crippen LogP) is 5.05. The first kappa shape index (κ1) is 29.1. The SMILES string of the molecule is CCN(CC)CCCS(=O)(=O)O.Cc1cc(Br)ccc1-c1noc([C@H](N)CCc2ccccc2)n1. The number of hydrogen-bond acceptors (Lipinski definition) is 7. The minimum absolute atomic E-state index is 0.135. The highest BCUT2D eigenvalue weighted by Gasteiger charge is 2.17. The number of nitrogens with zero attached hydrogens (tertiary/aromatic N) is 3. The molecule has 0 aliphatic heterocycles. The van der Waals surface area contributed by atoms with E-state index >= 15 is 0 Å². The van der Waals surface area contributed by atoms with Crippen molar-refractivity contribution < 1.29 is 17.5 Å². The van der Waals surface area contributed by atoms with Crippen molar-refractivity contribution >= 4 is 26.0 Å². The fourth-order valence-electron chi connectivity index (χ4n) is 3.47. The molecular weight excluding hydrogens is 532 g/mol. The van der Waals surface area contributed by atoms with Crippen molar-refractivity contribution in [3.63, 3.8) is 0 Å². The Morgan fingerprint density at radius 1 is 1.14 bits per heavy atom. The van der Waals surface area contributed by atoms with Crippen LogP contribution in [0.4, 0.5) is 0 Å². The van der Waals surface area contributed by atoms with E-state index in [0.717, 1.165) is 48.1 Å². The van der Waals surface area contributed by atoms with Crippen LogP contribution < -0.4 is 5.73 Å². The number of benzene rings is 2. The van der Waals surface area contributed by atoms with Crippen LogP contribution in [0.1, 0.15) is 49.7 Å². The lowest BCUT2D eigenvalue weighted by Crippen LogP contribution is -2.25. The summed E-state index contributed by atoms with van der Waals surface area (Å²) in [6.07, 6.45) is 2.16. The lowest BCUT2D eigenvalue weighted by molar-refractivity contribution is 0.304. The standard InChI is InChI=1S/C18H18BrN3O.C7H17NO3S/c1-12-11-14(19)8-9-15(12)17-21-18(23-22-17)16(20)10-7-13-5-3-2-4-6-13;1-3-8(4-2)6-5-7-12(9,10)11/h2-6,8-9,11,16H,7,10,20H2,1H3;3-7H2,1-2H3,(H,9,10,11)/t16-;/m1./s1. The van der Waals surface area contributed by atoms with Crippen LogP contribution in [0, 0.1) is 6.92 Å². The lowest BCUT2D eigenvalue weighted by Gasteiger charge is -2.16. The molecule has 1 atom stereocenters. The van der Waals surface area contributed by atoms with Gasteiger partial charge in [0.1, 0.15) is 0 Å². The largest absolute Gasteiger partial charge is 0.337 e. The molecule has 35 heavy (non-hydrogen) atoms. The summed E-state index contributed by atoms with van der Waals surface area (Å²) in [7, 11) is -3.76. The minimum atomic E-state index is -3.76. The predicted molar refractivity (Wildman–Crippen MR) is 143 cm³/mol. The maximum absolute atomic E-state index is 10.3. The monoisotopic (exact) mass is 566 g/mol. The molecule has 0 spiro atoms.